The molecular formula is C25H27NO8. The number of nitrogens with zero attached hydrogens (tertiary/aromatic N) is 1. The third kappa shape index (κ3) is 6.42. The molecule has 0 aliphatic heterocycles. The van der Waals surface area contributed by atoms with Gasteiger partial charge in [-0.1, -0.05) is 6.07 Å². The Bertz CT molecular complexity index is 1070. The van der Waals surface area contributed by atoms with Gasteiger partial charge in [0.1, 0.15) is 11.6 Å². The predicted molar refractivity (Wildman–Crippen MR) is 124 cm³/mol. The molecule has 0 unspecified atom stereocenters. The van der Waals surface area contributed by atoms with Crippen molar-refractivity contribution in [3.63, 3.8) is 0 Å². The third-order valence-corrected chi connectivity index (χ3v) is 4.37. The summed E-state index contributed by atoms with van der Waals surface area (Å²) in [5.74, 6) is 0.0799. The summed E-state index contributed by atoms with van der Waals surface area (Å²) in [5, 5.41) is 9.14. The molecule has 0 aliphatic rings. The van der Waals surface area contributed by atoms with Crippen LogP contribution < -0.4 is 23.7 Å². The minimum Gasteiger partial charge on any atom is -0.493 e. The highest BCUT2D eigenvalue weighted by Gasteiger charge is 2.21. The van der Waals surface area contributed by atoms with Crippen LogP contribution in [0.5, 0.6) is 28.7 Å². The Morgan fingerprint density at radius 2 is 1.50 bits per heavy atom. The van der Waals surface area contributed by atoms with E-state index in [0.29, 0.717) is 42.6 Å². The van der Waals surface area contributed by atoms with Gasteiger partial charge in [-0.25, -0.2) is 9.59 Å². The molecule has 9 nitrogen and oxygen atoms in total. The summed E-state index contributed by atoms with van der Waals surface area (Å²) in [6.07, 6.45) is 1.34. The molecule has 2 rings (SSSR count). The standard InChI is InChI=1S/C25H27NO8/c1-6-31-21-13-17(14-22(32-7-2)23(21)33-8-3)25(28)34-19-10-9-16(12-20(19)29-4)11-18(15-26)24(27)30-5/h9-14H,6-8H2,1-5H3/b18-11+. The summed E-state index contributed by atoms with van der Waals surface area (Å²) >= 11 is 0. The van der Waals surface area contributed by atoms with Gasteiger partial charge < -0.3 is 28.4 Å². The lowest BCUT2D eigenvalue weighted by atomic mass is 10.1. The number of esters is 2. The topological polar surface area (TPSA) is 113 Å². The Labute approximate surface area is 198 Å². The van der Waals surface area contributed by atoms with Crippen molar-refractivity contribution in [1.29, 1.82) is 5.26 Å². The molecule has 2 aromatic rings. The molecule has 0 atom stereocenters. The summed E-state index contributed by atoms with van der Waals surface area (Å²) in [6.45, 7) is 6.60. The second kappa shape index (κ2) is 12.7. The zero-order chi connectivity index (χ0) is 25.1. The molecule has 0 heterocycles. The van der Waals surface area contributed by atoms with E-state index in [2.05, 4.69) is 4.74 Å². The van der Waals surface area contributed by atoms with Crippen LogP contribution in [0, 0.1) is 11.3 Å². The van der Waals surface area contributed by atoms with Crippen molar-refractivity contribution < 1.29 is 38.0 Å². The Hall–Kier alpha value is -4.19. The minimum absolute atomic E-state index is 0.144. The van der Waals surface area contributed by atoms with Crippen LogP contribution in [0.2, 0.25) is 0 Å². The van der Waals surface area contributed by atoms with Crippen molar-refractivity contribution in [2.75, 3.05) is 34.0 Å². The van der Waals surface area contributed by atoms with Gasteiger partial charge in [0, 0.05) is 0 Å². The Balaban J connectivity index is 2.40. The SMILES string of the molecule is CCOc1cc(C(=O)Oc2ccc(/C=C(\C#N)C(=O)OC)cc2OC)cc(OCC)c1OCC. The van der Waals surface area contributed by atoms with E-state index in [9.17, 15) is 9.59 Å². The van der Waals surface area contributed by atoms with Gasteiger partial charge in [0.2, 0.25) is 5.75 Å². The first kappa shape index (κ1) is 26.1. The second-order valence-electron chi connectivity index (χ2n) is 6.56. The average Bonchev–Trinajstić information content (AvgIpc) is 2.84. The summed E-state index contributed by atoms with van der Waals surface area (Å²) in [6, 6.07) is 9.42. The van der Waals surface area contributed by atoms with Gasteiger partial charge in [0.05, 0.1) is 39.6 Å². The van der Waals surface area contributed by atoms with E-state index in [0.717, 1.165) is 0 Å². The Kier molecular flexibility index (Phi) is 9.77. The highest BCUT2D eigenvalue weighted by atomic mass is 16.6. The van der Waals surface area contributed by atoms with Gasteiger partial charge in [-0.15, -0.1) is 0 Å². The van der Waals surface area contributed by atoms with Crippen LogP contribution in [0.4, 0.5) is 0 Å². The molecule has 0 saturated carbocycles. The fourth-order valence-corrected chi connectivity index (χ4v) is 2.94. The Morgan fingerprint density at radius 3 is 2.00 bits per heavy atom. The van der Waals surface area contributed by atoms with Gasteiger partial charge in [-0.2, -0.15) is 5.26 Å². The van der Waals surface area contributed by atoms with Crippen LogP contribution in [0.25, 0.3) is 6.08 Å². The number of hydrogen-bond acceptors (Lipinski definition) is 9. The number of methoxy groups -OCH3 is 2. The molecule has 0 radical (unpaired) electrons. The lowest BCUT2D eigenvalue weighted by molar-refractivity contribution is -0.135. The highest BCUT2D eigenvalue weighted by molar-refractivity contribution is 5.98. The molecule has 0 amide bonds. The second-order valence-corrected chi connectivity index (χ2v) is 6.56. The fraction of sp³-hybridized carbons (Fsp3) is 0.320. The number of benzene rings is 2. The molecule has 180 valence electrons. The molecule has 0 aromatic heterocycles. The van der Waals surface area contributed by atoms with Crippen molar-refractivity contribution in [2.24, 2.45) is 0 Å². The van der Waals surface area contributed by atoms with E-state index in [4.69, 9.17) is 28.9 Å². The molecule has 34 heavy (non-hydrogen) atoms. The first-order chi connectivity index (χ1) is 16.4. The summed E-state index contributed by atoms with van der Waals surface area (Å²) in [5.41, 5.74) is 0.492. The summed E-state index contributed by atoms with van der Waals surface area (Å²) in [7, 11) is 2.59. The monoisotopic (exact) mass is 469 g/mol. The van der Waals surface area contributed by atoms with E-state index in [-0.39, 0.29) is 22.6 Å². The molecule has 0 spiro atoms. The Morgan fingerprint density at radius 1 is 0.882 bits per heavy atom. The quantitative estimate of drug-likeness (QED) is 0.207. The minimum atomic E-state index is -0.761. The lowest BCUT2D eigenvalue weighted by Gasteiger charge is -2.17. The van der Waals surface area contributed by atoms with Gasteiger partial charge in [-0.3, -0.25) is 0 Å². The molecule has 0 bridgehead atoms. The molecule has 0 fully saturated rings. The number of rotatable bonds is 11. The van der Waals surface area contributed by atoms with Crippen molar-refractivity contribution in [2.45, 2.75) is 20.8 Å². The van der Waals surface area contributed by atoms with Crippen molar-refractivity contribution in [3.8, 4) is 34.8 Å². The fourth-order valence-electron chi connectivity index (χ4n) is 2.94. The molecule has 2 aromatic carbocycles. The molecule has 0 aliphatic carbocycles. The van der Waals surface area contributed by atoms with Gasteiger partial charge in [0.25, 0.3) is 0 Å². The average molecular weight is 469 g/mol. The van der Waals surface area contributed by atoms with Crippen LogP contribution >= 0.6 is 0 Å². The maximum Gasteiger partial charge on any atom is 0.348 e. The maximum atomic E-state index is 13.0. The van der Waals surface area contributed by atoms with E-state index >= 15 is 0 Å². The maximum absolute atomic E-state index is 13.0. The third-order valence-electron chi connectivity index (χ3n) is 4.37. The first-order valence-electron chi connectivity index (χ1n) is 10.6. The number of hydrogen-bond donors (Lipinski definition) is 0. The highest BCUT2D eigenvalue weighted by Crippen LogP contribution is 2.39. The zero-order valence-electron chi connectivity index (χ0n) is 19.8. The number of nitriles is 1. The molecule has 0 saturated heterocycles. The number of carbonyl (C=O) groups is 2. The molecule has 9 heteroatoms. The van der Waals surface area contributed by atoms with E-state index < -0.39 is 11.9 Å². The number of ether oxygens (including phenoxy) is 6. The van der Waals surface area contributed by atoms with Crippen LogP contribution in [0.1, 0.15) is 36.7 Å². The molecule has 0 N–H and O–H groups in total. The van der Waals surface area contributed by atoms with E-state index in [1.165, 1.54) is 44.6 Å². The summed E-state index contributed by atoms with van der Waals surface area (Å²) in [4.78, 5) is 24.6. The summed E-state index contributed by atoms with van der Waals surface area (Å²) < 4.78 is 32.4. The van der Waals surface area contributed by atoms with Crippen LogP contribution in [-0.4, -0.2) is 46.0 Å². The largest absolute Gasteiger partial charge is 0.493 e. The van der Waals surface area contributed by atoms with Crippen molar-refractivity contribution in [3.05, 3.63) is 47.0 Å². The first-order valence-corrected chi connectivity index (χ1v) is 10.6. The lowest BCUT2D eigenvalue weighted by Crippen LogP contribution is -2.11. The smallest absolute Gasteiger partial charge is 0.348 e. The number of carbonyl (C=O) groups excluding carboxylic acids is 2. The predicted octanol–water partition coefficient (Wildman–Crippen LogP) is 4.19. The van der Waals surface area contributed by atoms with E-state index in [1.54, 1.807) is 12.1 Å². The van der Waals surface area contributed by atoms with E-state index in [1.807, 2.05) is 20.8 Å². The van der Waals surface area contributed by atoms with Crippen LogP contribution in [-0.2, 0) is 9.53 Å². The normalized spacial score (nSPS) is 10.6. The van der Waals surface area contributed by atoms with Crippen molar-refractivity contribution >= 4 is 18.0 Å². The molecular weight excluding hydrogens is 442 g/mol. The zero-order valence-corrected chi connectivity index (χ0v) is 19.8. The van der Waals surface area contributed by atoms with Gasteiger partial charge >= 0.3 is 11.9 Å². The van der Waals surface area contributed by atoms with Crippen LogP contribution in [0.15, 0.2) is 35.9 Å². The van der Waals surface area contributed by atoms with Gasteiger partial charge in [0.15, 0.2) is 23.0 Å². The van der Waals surface area contributed by atoms with Crippen LogP contribution in [0.3, 0.4) is 0 Å². The van der Waals surface area contributed by atoms with Crippen molar-refractivity contribution in [1.82, 2.24) is 0 Å². The van der Waals surface area contributed by atoms with Gasteiger partial charge in [-0.05, 0) is 56.7 Å².